The van der Waals surface area contributed by atoms with E-state index in [1.807, 2.05) is 62.3 Å². The van der Waals surface area contributed by atoms with Crippen LogP contribution in [0.1, 0.15) is 52.6 Å². The zero-order valence-electron chi connectivity index (χ0n) is 19.9. The van der Waals surface area contributed by atoms with Crippen LogP contribution in [0, 0.1) is 13.8 Å². The highest BCUT2D eigenvalue weighted by Crippen LogP contribution is 2.37. The monoisotopic (exact) mass is 446 g/mol. The van der Waals surface area contributed by atoms with E-state index in [-0.39, 0.29) is 23.1 Å². The van der Waals surface area contributed by atoms with E-state index in [9.17, 15) is 9.59 Å². The number of carbonyl (C=O) groups excluding carboxylic acids is 1. The number of likely N-dealkylation sites (tertiary alicyclic amines) is 1. The Bertz CT molecular complexity index is 1250. The van der Waals surface area contributed by atoms with Gasteiger partial charge in [0.25, 0.3) is 11.5 Å². The zero-order valence-corrected chi connectivity index (χ0v) is 19.9. The maximum atomic E-state index is 13.7. The van der Waals surface area contributed by atoms with Gasteiger partial charge in [-0.25, -0.2) is 9.97 Å². The highest BCUT2D eigenvalue weighted by atomic mass is 16.2. The van der Waals surface area contributed by atoms with Crippen molar-refractivity contribution in [3.63, 3.8) is 0 Å². The molecule has 0 saturated carbocycles. The molecule has 0 spiro atoms. The molecule has 1 fully saturated rings. The molecule has 172 valence electrons. The van der Waals surface area contributed by atoms with Gasteiger partial charge in [-0.15, -0.1) is 0 Å². The van der Waals surface area contributed by atoms with Crippen LogP contribution in [0.2, 0.25) is 0 Å². The molecule has 4 heterocycles. The van der Waals surface area contributed by atoms with Crippen LogP contribution in [0.5, 0.6) is 0 Å². The number of nitrogens with zero attached hydrogens (tertiary/aromatic N) is 6. The normalized spacial score (nSPS) is 16.0. The van der Waals surface area contributed by atoms with Crippen molar-refractivity contribution in [1.29, 1.82) is 0 Å². The summed E-state index contributed by atoms with van der Waals surface area (Å²) in [4.78, 5) is 43.9. The van der Waals surface area contributed by atoms with E-state index in [1.54, 1.807) is 19.3 Å². The fourth-order valence-corrected chi connectivity index (χ4v) is 4.34. The molecule has 0 bridgehead atoms. The van der Waals surface area contributed by atoms with Gasteiger partial charge in [-0.05, 0) is 62.4 Å². The SMILES string of the molecule is Cc1cnccc1-c1cnc(N(C)C)nc1C1CCCCN1C(=O)c1ccc(C)n(C)c1=O. The minimum absolute atomic E-state index is 0.193. The predicted octanol–water partition coefficient (Wildman–Crippen LogP) is 3.29. The Labute approximate surface area is 193 Å². The molecule has 0 aliphatic carbocycles. The minimum Gasteiger partial charge on any atom is -0.347 e. The Morgan fingerprint density at radius 2 is 1.88 bits per heavy atom. The van der Waals surface area contributed by atoms with Crippen molar-refractivity contribution in [3.05, 3.63) is 69.7 Å². The Morgan fingerprint density at radius 3 is 2.61 bits per heavy atom. The third-order valence-corrected chi connectivity index (χ3v) is 6.38. The van der Waals surface area contributed by atoms with E-state index in [2.05, 4.69) is 9.97 Å². The van der Waals surface area contributed by atoms with Crippen LogP contribution in [-0.4, -0.2) is 51.0 Å². The van der Waals surface area contributed by atoms with Crippen molar-refractivity contribution in [2.24, 2.45) is 7.05 Å². The van der Waals surface area contributed by atoms with Crippen LogP contribution >= 0.6 is 0 Å². The topological polar surface area (TPSA) is 84.2 Å². The highest BCUT2D eigenvalue weighted by molar-refractivity contribution is 5.94. The molecule has 3 aromatic rings. The van der Waals surface area contributed by atoms with Gasteiger partial charge >= 0.3 is 0 Å². The zero-order chi connectivity index (χ0) is 23.7. The van der Waals surface area contributed by atoms with Gasteiger partial charge in [0.15, 0.2) is 0 Å². The summed E-state index contributed by atoms with van der Waals surface area (Å²) in [6.45, 7) is 4.44. The third kappa shape index (κ3) is 4.25. The number of rotatable bonds is 4. The second-order valence-corrected chi connectivity index (χ2v) is 8.82. The molecule has 0 N–H and O–H groups in total. The summed E-state index contributed by atoms with van der Waals surface area (Å²) in [6, 6.07) is 5.16. The van der Waals surface area contributed by atoms with Gasteiger partial charge in [0.1, 0.15) is 5.56 Å². The predicted molar refractivity (Wildman–Crippen MR) is 128 cm³/mol. The molecule has 1 atom stereocenters. The van der Waals surface area contributed by atoms with E-state index in [1.165, 1.54) is 4.57 Å². The van der Waals surface area contributed by atoms with Crippen LogP contribution < -0.4 is 10.5 Å². The molecule has 1 amide bonds. The van der Waals surface area contributed by atoms with Crippen molar-refractivity contribution in [1.82, 2.24) is 24.4 Å². The number of hydrogen-bond acceptors (Lipinski definition) is 6. The number of anilines is 1. The summed E-state index contributed by atoms with van der Waals surface area (Å²) in [5.74, 6) is 0.340. The quantitative estimate of drug-likeness (QED) is 0.612. The van der Waals surface area contributed by atoms with Gasteiger partial charge in [-0.3, -0.25) is 14.6 Å². The summed E-state index contributed by atoms with van der Waals surface area (Å²) in [7, 11) is 5.49. The van der Waals surface area contributed by atoms with Gasteiger partial charge in [0.2, 0.25) is 5.95 Å². The summed E-state index contributed by atoms with van der Waals surface area (Å²) < 4.78 is 1.52. The first-order chi connectivity index (χ1) is 15.8. The van der Waals surface area contributed by atoms with Gasteiger partial charge in [0, 0.05) is 57.5 Å². The first-order valence-electron chi connectivity index (χ1n) is 11.2. The van der Waals surface area contributed by atoms with Crippen LogP contribution in [0.3, 0.4) is 0 Å². The van der Waals surface area contributed by atoms with E-state index in [0.29, 0.717) is 12.5 Å². The van der Waals surface area contributed by atoms with Crippen molar-refractivity contribution < 1.29 is 4.79 Å². The summed E-state index contributed by atoms with van der Waals surface area (Å²) in [6.07, 6.45) is 8.06. The van der Waals surface area contributed by atoms with Crippen molar-refractivity contribution >= 4 is 11.9 Å². The number of pyridine rings is 2. The standard InChI is InChI=1S/C25H30N6O2/c1-16-14-26-12-11-18(16)20-15-27-25(29(3)4)28-22(20)21-8-6-7-13-31(21)24(33)19-10-9-17(2)30(5)23(19)32/h9-12,14-15,21H,6-8,13H2,1-5H3. The molecule has 1 saturated heterocycles. The molecule has 8 heteroatoms. The maximum absolute atomic E-state index is 13.7. The molecule has 1 unspecified atom stereocenters. The lowest BCUT2D eigenvalue weighted by Crippen LogP contribution is -2.42. The summed E-state index contributed by atoms with van der Waals surface area (Å²) in [5, 5.41) is 0. The van der Waals surface area contributed by atoms with Crippen LogP contribution in [-0.2, 0) is 7.05 Å². The van der Waals surface area contributed by atoms with Gasteiger partial charge in [-0.1, -0.05) is 0 Å². The van der Waals surface area contributed by atoms with Crippen molar-refractivity contribution in [2.75, 3.05) is 25.5 Å². The number of carbonyl (C=O) groups is 1. The smallest absolute Gasteiger partial charge is 0.263 e. The molecule has 1 aliphatic heterocycles. The Kier molecular flexibility index (Phi) is 6.26. The van der Waals surface area contributed by atoms with Crippen LogP contribution in [0.15, 0.2) is 41.6 Å². The first kappa shape index (κ1) is 22.6. The fourth-order valence-electron chi connectivity index (χ4n) is 4.34. The largest absolute Gasteiger partial charge is 0.347 e. The second kappa shape index (κ2) is 9.13. The lowest BCUT2D eigenvalue weighted by atomic mass is 9.92. The molecule has 33 heavy (non-hydrogen) atoms. The molecule has 4 rings (SSSR count). The molecule has 0 aromatic carbocycles. The average molecular weight is 447 g/mol. The molecule has 0 radical (unpaired) electrons. The van der Waals surface area contributed by atoms with Crippen LogP contribution in [0.4, 0.5) is 5.95 Å². The van der Waals surface area contributed by atoms with E-state index < -0.39 is 0 Å². The molecular weight excluding hydrogens is 416 g/mol. The second-order valence-electron chi connectivity index (χ2n) is 8.82. The van der Waals surface area contributed by atoms with Crippen molar-refractivity contribution in [2.45, 2.75) is 39.2 Å². The Balaban J connectivity index is 1.85. The Morgan fingerprint density at radius 1 is 1.09 bits per heavy atom. The first-order valence-corrected chi connectivity index (χ1v) is 11.2. The number of amides is 1. The molecule has 3 aromatic heterocycles. The van der Waals surface area contributed by atoms with Crippen molar-refractivity contribution in [3.8, 4) is 11.1 Å². The lowest BCUT2D eigenvalue weighted by Gasteiger charge is -2.36. The Hall–Kier alpha value is -3.55. The van der Waals surface area contributed by atoms with E-state index in [4.69, 9.17) is 4.98 Å². The lowest BCUT2D eigenvalue weighted by molar-refractivity contribution is 0.0604. The fraction of sp³-hybridized carbons (Fsp3) is 0.400. The minimum atomic E-state index is -0.272. The number of piperidine rings is 1. The average Bonchev–Trinajstić information content (AvgIpc) is 2.82. The van der Waals surface area contributed by atoms with Gasteiger partial charge in [-0.2, -0.15) is 0 Å². The summed E-state index contributed by atoms with van der Waals surface area (Å²) >= 11 is 0. The molecular formula is C25H30N6O2. The maximum Gasteiger partial charge on any atom is 0.263 e. The third-order valence-electron chi connectivity index (χ3n) is 6.38. The molecule has 1 aliphatic rings. The van der Waals surface area contributed by atoms with E-state index in [0.717, 1.165) is 47.3 Å². The number of aromatic nitrogens is 4. The van der Waals surface area contributed by atoms with Crippen LogP contribution in [0.25, 0.3) is 11.1 Å². The van der Waals surface area contributed by atoms with Gasteiger partial charge < -0.3 is 14.4 Å². The van der Waals surface area contributed by atoms with E-state index >= 15 is 0 Å². The number of aryl methyl sites for hydroxylation is 2. The summed E-state index contributed by atoms with van der Waals surface area (Å²) in [5.41, 5.74) is 4.44. The van der Waals surface area contributed by atoms with Gasteiger partial charge in [0.05, 0.1) is 11.7 Å². The highest BCUT2D eigenvalue weighted by Gasteiger charge is 2.33. The number of hydrogen-bond donors (Lipinski definition) is 0. The molecule has 8 nitrogen and oxygen atoms in total.